The lowest BCUT2D eigenvalue weighted by atomic mass is 9.74. The molecular weight excluding hydrogens is 497 g/mol. The number of nitrogens with zero attached hydrogens (tertiary/aromatic N) is 2. The molecule has 2 heterocycles. The van der Waals surface area contributed by atoms with Crippen molar-refractivity contribution in [2.45, 2.75) is 31.1 Å². The van der Waals surface area contributed by atoms with Crippen LogP contribution in [0.4, 0.5) is 0 Å². The molecule has 2 fully saturated rings. The zero-order chi connectivity index (χ0) is 20.7. The highest BCUT2D eigenvalue weighted by Crippen LogP contribution is 2.35. The highest BCUT2D eigenvalue weighted by atomic mass is 127. The average Bonchev–Trinajstić information content (AvgIpc) is 2.80. The van der Waals surface area contributed by atoms with E-state index in [2.05, 4.69) is 27.3 Å². The molecule has 0 aliphatic carbocycles. The molecule has 1 N–H and O–H groups in total. The van der Waals surface area contributed by atoms with Crippen molar-refractivity contribution in [3.05, 3.63) is 29.8 Å². The van der Waals surface area contributed by atoms with Crippen LogP contribution >= 0.6 is 24.0 Å². The van der Waals surface area contributed by atoms with Gasteiger partial charge in [-0.25, -0.2) is 0 Å². The zero-order valence-corrected chi connectivity index (χ0v) is 20.5. The number of rotatable bonds is 5. The molecule has 2 aliphatic rings. The minimum atomic E-state index is -0.103. The Kier molecular flexibility index (Phi) is 9.67. The van der Waals surface area contributed by atoms with Gasteiger partial charge in [0.2, 0.25) is 0 Å². The second kappa shape index (κ2) is 11.7. The minimum absolute atomic E-state index is 0. The van der Waals surface area contributed by atoms with Crippen LogP contribution in [0.25, 0.3) is 0 Å². The molecule has 30 heavy (non-hydrogen) atoms. The second-order valence-corrected chi connectivity index (χ2v) is 7.81. The summed E-state index contributed by atoms with van der Waals surface area (Å²) >= 11 is 0. The normalized spacial score (nSPS) is 19.6. The van der Waals surface area contributed by atoms with Crippen molar-refractivity contribution in [1.82, 2.24) is 10.2 Å². The number of carbonyl (C=O) groups is 1. The van der Waals surface area contributed by atoms with Gasteiger partial charge in [-0.1, -0.05) is 12.1 Å². The Bertz CT molecular complexity index is 697. The van der Waals surface area contributed by atoms with E-state index in [0.29, 0.717) is 0 Å². The van der Waals surface area contributed by atoms with Crippen molar-refractivity contribution in [1.29, 1.82) is 0 Å². The number of benzene rings is 1. The number of nitrogens with one attached hydrogen (secondary N) is 1. The molecule has 3 rings (SSSR count). The molecule has 2 aliphatic heterocycles. The lowest BCUT2D eigenvalue weighted by molar-refractivity contribution is -0.146. The zero-order valence-electron chi connectivity index (χ0n) is 18.2. The summed E-state index contributed by atoms with van der Waals surface area (Å²) in [7, 11) is 4.97. The van der Waals surface area contributed by atoms with Crippen LogP contribution in [0, 0.1) is 5.92 Å². The molecule has 0 saturated carbocycles. The summed E-state index contributed by atoms with van der Waals surface area (Å²) in [5, 5.41) is 3.61. The molecule has 0 spiro atoms. The van der Waals surface area contributed by atoms with Gasteiger partial charge in [0.25, 0.3) is 0 Å². The Morgan fingerprint density at radius 3 is 2.37 bits per heavy atom. The maximum atomic E-state index is 11.8. The first-order valence-electron chi connectivity index (χ1n) is 10.4. The maximum absolute atomic E-state index is 11.8. The summed E-state index contributed by atoms with van der Waals surface area (Å²) in [6.45, 7) is 3.93. The van der Waals surface area contributed by atoms with Crippen LogP contribution in [0.3, 0.4) is 0 Å². The molecule has 0 bridgehead atoms. The van der Waals surface area contributed by atoms with E-state index in [0.717, 1.165) is 70.2 Å². The summed E-state index contributed by atoms with van der Waals surface area (Å²) in [5.41, 5.74) is 1.30. The van der Waals surface area contributed by atoms with E-state index in [9.17, 15) is 4.79 Å². The molecule has 0 unspecified atom stereocenters. The van der Waals surface area contributed by atoms with Crippen molar-refractivity contribution < 1.29 is 19.0 Å². The Balaban J connectivity index is 0.00000320. The highest BCUT2D eigenvalue weighted by molar-refractivity contribution is 14.0. The van der Waals surface area contributed by atoms with Crippen LogP contribution in [0.5, 0.6) is 5.75 Å². The predicted octanol–water partition coefficient (Wildman–Crippen LogP) is 2.82. The molecule has 0 aromatic heterocycles. The molecule has 7 nitrogen and oxygen atoms in total. The van der Waals surface area contributed by atoms with Gasteiger partial charge < -0.3 is 24.4 Å². The molecule has 1 aromatic rings. The van der Waals surface area contributed by atoms with E-state index in [1.807, 2.05) is 19.2 Å². The first kappa shape index (κ1) is 24.7. The van der Waals surface area contributed by atoms with Crippen LogP contribution in [-0.2, 0) is 19.7 Å². The number of guanidine groups is 1. The first-order chi connectivity index (χ1) is 14.1. The molecule has 1 aromatic carbocycles. The summed E-state index contributed by atoms with van der Waals surface area (Å²) in [5.74, 6) is 1.66. The third-order valence-corrected chi connectivity index (χ3v) is 6.28. The molecule has 168 valence electrons. The Hall–Kier alpha value is -1.55. The third-order valence-electron chi connectivity index (χ3n) is 6.28. The molecular formula is C22H34IN3O4. The van der Waals surface area contributed by atoms with Crippen molar-refractivity contribution in [2.75, 3.05) is 54.1 Å². The summed E-state index contributed by atoms with van der Waals surface area (Å²) in [6.07, 6.45) is 3.52. The number of ether oxygens (including phenoxy) is 3. The van der Waals surface area contributed by atoms with Gasteiger partial charge >= 0.3 is 5.97 Å². The number of esters is 1. The van der Waals surface area contributed by atoms with E-state index >= 15 is 0 Å². The average molecular weight is 531 g/mol. The van der Waals surface area contributed by atoms with E-state index in [1.54, 1.807) is 7.11 Å². The van der Waals surface area contributed by atoms with Crippen LogP contribution in [0.15, 0.2) is 29.3 Å². The molecule has 0 atom stereocenters. The number of hydrogen-bond acceptors (Lipinski definition) is 5. The minimum Gasteiger partial charge on any atom is -0.497 e. The molecule has 2 saturated heterocycles. The fourth-order valence-electron chi connectivity index (χ4n) is 4.35. The number of likely N-dealkylation sites (tertiary alicyclic amines) is 1. The van der Waals surface area contributed by atoms with Crippen molar-refractivity contribution in [2.24, 2.45) is 10.9 Å². The quantitative estimate of drug-likeness (QED) is 0.273. The number of hydrogen-bond donors (Lipinski definition) is 1. The van der Waals surface area contributed by atoms with Gasteiger partial charge in [0.15, 0.2) is 5.96 Å². The Labute approximate surface area is 196 Å². The fourth-order valence-corrected chi connectivity index (χ4v) is 4.35. The largest absolute Gasteiger partial charge is 0.497 e. The van der Waals surface area contributed by atoms with Crippen molar-refractivity contribution in [3.8, 4) is 5.75 Å². The van der Waals surface area contributed by atoms with Crippen LogP contribution in [-0.4, -0.2) is 70.9 Å². The highest BCUT2D eigenvalue weighted by Gasteiger charge is 2.35. The van der Waals surface area contributed by atoms with Crippen LogP contribution in [0.1, 0.15) is 31.2 Å². The smallest absolute Gasteiger partial charge is 0.308 e. The van der Waals surface area contributed by atoms with Crippen molar-refractivity contribution >= 4 is 35.9 Å². The van der Waals surface area contributed by atoms with Gasteiger partial charge in [0.1, 0.15) is 5.75 Å². The monoisotopic (exact) mass is 531 g/mol. The molecule has 8 heteroatoms. The SMILES string of the molecule is CN=C(NCC1(c2ccc(OC)cc2)CCOCC1)N1CCC(C(=O)OC)CC1.I. The fraction of sp³-hybridized carbons (Fsp3) is 0.636. The van der Waals surface area contributed by atoms with E-state index in [-0.39, 0.29) is 41.3 Å². The van der Waals surface area contributed by atoms with Gasteiger partial charge in [-0.15, -0.1) is 24.0 Å². The van der Waals surface area contributed by atoms with E-state index < -0.39 is 0 Å². The van der Waals surface area contributed by atoms with Gasteiger partial charge in [-0.3, -0.25) is 9.79 Å². The van der Waals surface area contributed by atoms with Crippen LogP contribution < -0.4 is 10.1 Å². The Morgan fingerprint density at radius 1 is 1.20 bits per heavy atom. The molecule has 0 amide bonds. The number of carbonyl (C=O) groups excluding carboxylic acids is 1. The van der Waals surface area contributed by atoms with Gasteiger partial charge in [0, 0.05) is 45.3 Å². The van der Waals surface area contributed by atoms with E-state index in [4.69, 9.17) is 14.2 Å². The van der Waals surface area contributed by atoms with Gasteiger partial charge in [-0.2, -0.15) is 0 Å². The topological polar surface area (TPSA) is 72.4 Å². The number of aliphatic imine (C=N–C) groups is 1. The number of halogens is 1. The summed E-state index contributed by atoms with van der Waals surface area (Å²) < 4.78 is 15.9. The Morgan fingerprint density at radius 2 is 1.83 bits per heavy atom. The maximum Gasteiger partial charge on any atom is 0.308 e. The lowest BCUT2D eigenvalue weighted by Gasteiger charge is -2.40. The van der Waals surface area contributed by atoms with Crippen molar-refractivity contribution in [3.63, 3.8) is 0 Å². The summed E-state index contributed by atoms with van der Waals surface area (Å²) in [6, 6.07) is 8.38. The van der Waals surface area contributed by atoms with E-state index in [1.165, 1.54) is 12.7 Å². The standard InChI is InChI=1S/C22H33N3O4.HI/c1-23-21(25-12-8-17(9-13-25)20(26)28-3)24-16-22(10-14-29-15-11-22)18-4-6-19(27-2)7-5-18;/h4-7,17H,8-16H2,1-3H3,(H,23,24);1H. The first-order valence-corrected chi connectivity index (χ1v) is 10.4. The predicted molar refractivity (Wildman–Crippen MR) is 128 cm³/mol. The molecule has 0 radical (unpaired) electrons. The number of piperidine rings is 1. The third kappa shape index (κ3) is 5.78. The van der Waals surface area contributed by atoms with Crippen LogP contribution in [0.2, 0.25) is 0 Å². The van der Waals surface area contributed by atoms with Gasteiger partial charge in [-0.05, 0) is 43.4 Å². The van der Waals surface area contributed by atoms with Gasteiger partial charge in [0.05, 0.1) is 20.1 Å². The lowest BCUT2D eigenvalue weighted by Crippen LogP contribution is -2.51. The number of methoxy groups -OCH3 is 2. The second-order valence-electron chi connectivity index (χ2n) is 7.81. The summed E-state index contributed by atoms with van der Waals surface area (Å²) in [4.78, 5) is 18.5.